The Morgan fingerprint density at radius 2 is 1.79 bits per heavy atom. The summed E-state index contributed by atoms with van der Waals surface area (Å²) in [4.78, 5) is 24.6. The Kier molecular flexibility index (Phi) is 9.03. The van der Waals surface area contributed by atoms with E-state index in [9.17, 15) is 35.1 Å². The number of esters is 2. The average Bonchev–Trinajstić information content (AvgIpc) is 3.36. The highest BCUT2D eigenvalue weighted by atomic mass is 16.8. The molecule has 2 heterocycles. The fraction of sp³-hybridized carbons (Fsp3) is 0.538. The zero-order valence-corrected chi connectivity index (χ0v) is 20.7. The van der Waals surface area contributed by atoms with Gasteiger partial charge in [0.15, 0.2) is 6.29 Å². The molecular weight excluding hydrogens is 504 g/mol. The van der Waals surface area contributed by atoms with Crippen LogP contribution in [0.2, 0.25) is 0 Å². The van der Waals surface area contributed by atoms with Crippen LogP contribution in [0.5, 0.6) is 5.75 Å². The number of benzene rings is 1. The van der Waals surface area contributed by atoms with Crippen molar-refractivity contribution in [3.63, 3.8) is 0 Å². The number of phenolic OH excluding ortho intramolecular Hbond substituents is 1. The lowest BCUT2D eigenvalue weighted by atomic mass is 9.87. The molecule has 9 atom stereocenters. The summed E-state index contributed by atoms with van der Waals surface area (Å²) in [5.41, 5.74) is 1.01. The fourth-order valence-corrected chi connectivity index (χ4v) is 5.06. The minimum atomic E-state index is -1.61. The summed E-state index contributed by atoms with van der Waals surface area (Å²) in [7, 11) is 1.25. The second kappa shape index (κ2) is 12.2. The molecule has 2 aliphatic heterocycles. The maximum absolute atomic E-state index is 12.4. The molecule has 1 aromatic carbocycles. The molecule has 0 bridgehead atoms. The number of phenols is 1. The van der Waals surface area contributed by atoms with E-state index in [0.717, 1.165) is 0 Å². The van der Waals surface area contributed by atoms with Gasteiger partial charge in [0, 0.05) is 17.9 Å². The molecule has 208 valence electrons. The second-order valence-electron chi connectivity index (χ2n) is 9.57. The van der Waals surface area contributed by atoms with Gasteiger partial charge in [0.05, 0.1) is 32.2 Å². The lowest BCUT2D eigenvalue weighted by Gasteiger charge is -2.42. The monoisotopic (exact) mass is 536 g/mol. The van der Waals surface area contributed by atoms with Gasteiger partial charge in [0.25, 0.3) is 0 Å². The van der Waals surface area contributed by atoms with Crippen LogP contribution in [0.3, 0.4) is 0 Å². The SMILES string of the molecule is COC(=O)C1=CO[C@@H](O[C@@H]2O[C@H](CO)[C@@H](O)[C@H](O)[C@H]2O)[C@@H]2C[C@@H](COC(=O)/C=C\c3ccc(O)cc3)C[C@H]12. The van der Waals surface area contributed by atoms with Crippen LogP contribution in [-0.4, -0.2) is 94.8 Å². The molecule has 1 aliphatic carbocycles. The number of methoxy groups -OCH3 is 1. The van der Waals surface area contributed by atoms with Gasteiger partial charge < -0.3 is 49.2 Å². The van der Waals surface area contributed by atoms with Crippen molar-refractivity contribution in [1.29, 1.82) is 0 Å². The van der Waals surface area contributed by atoms with Gasteiger partial charge in [-0.1, -0.05) is 12.1 Å². The van der Waals surface area contributed by atoms with Gasteiger partial charge in [-0.2, -0.15) is 0 Å². The van der Waals surface area contributed by atoms with Crippen LogP contribution in [0.4, 0.5) is 0 Å². The zero-order chi connectivity index (χ0) is 27.4. The summed E-state index contributed by atoms with van der Waals surface area (Å²) in [5.74, 6) is -1.92. The lowest BCUT2D eigenvalue weighted by Crippen LogP contribution is -2.60. The Morgan fingerprint density at radius 1 is 1.05 bits per heavy atom. The van der Waals surface area contributed by atoms with E-state index < -0.39 is 61.5 Å². The summed E-state index contributed by atoms with van der Waals surface area (Å²) in [6.45, 7) is -0.531. The molecule has 0 spiro atoms. The molecular formula is C26H32O12. The van der Waals surface area contributed by atoms with Crippen LogP contribution in [0.15, 0.2) is 42.2 Å². The van der Waals surface area contributed by atoms with Gasteiger partial charge in [-0.25, -0.2) is 9.59 Å². The molecule has 3 aliphatic rings. The standard InChI is InChI=1S/C26H32O12/c1-34-24(33)18-12-36-25(38-26-23(32)22(31)21(30)19(10-27)37-26)17-9-14(8-16(17)18)11-35-20(29)7-4-13-2-5-15(28)6-3-13/h2-7,12,14,16-17,19,21-23,25-28,30-32H,8-11H2,1H3/b7-4-/t14-,16-,17+,19+,21+,22-,23+,25-,26-/m0/s1. The van der Waals surface area contributed by atoms with Gasteiger partial charge in [-0.15, -0.1) is 0 Å². The number of aliphatic hydroxyl groups excluding tert-OH is 4. The van der Waals surface area contributed by atoms with Crippen molar-refractivity contribution >= 4 is 18.0 Å². The first kappa shape index (κ1) is 28.0. The number of rotatable bonds is 8. The topological polar surface area (TPSA) is 181 Å². The Morgan fingerprint density at radius 3 is 2.47 bits per heavy atom. The normalized spacial score (nSPS) is 34.8. The number of carbonyl (C=O) groups excluding carboxylic acids is 2. The highest BCUT2D eigenvalue weighted by Crippen LogP contribution is 2.47. The first-order valence-corrected chi connectivity index (χ1v) is 12.3. The van der Waals surface area contributed by atoms with Gasteiger partial charge in [-0.05, 0) is 42.5 Å². The Bertz CT molecular complexity index is 1040. The van der Waals surface area contributed by atoms with Crippen LogP contribution in [-0.2, 0) is 33.3 Å². The molecule has 0 aromatic heterocycles. The molecule has 0 unspecified atom stereocenters. The van der Waals surface area contributed by atoms with Crippen LogP contribution in [0.25, 0.3) is 6.08 Å². The van der Waals surface area contributed by atoms with Gasteiger partial charge in [-0.3, -0.25) is 0 Å². The van der Waals surface area contributed by atoms with Crippen molar-refractivity contribution in [3.05, 3.63) is 47.7 Å². The highest BCUT2D eigenvalue weighted by Gasteiger charge is 2.50. The smallest absolute Gasteiger partial charge is 0.337 e. The zero-order valence-electron chi connectivity index (χ0n) is 20.7. The Labute approximate surface area is 218 Å². The number of fused-ring (bicyclic) bond motifs is 1. The van der Waals surface area contributed by atoms with Crippen molar-refractivity contribution in [1.82, 2.24) is 0 Å². The molecule has 0 radical (unpaired) electrons. The van der Waals surface area contributed by atoms with E-state index in [-0.39, 0.29) is 24.2 Å². The predicted molar refractivity (Wildman–Crippen MR) is 128 cm³/mol. The van der Waals surface area contributed by atoms with Crippen molar-refractivity contribution in [2.75, 3.05) is 20.3 Å². The van der Waals surface area contributed by atoms with Crippen molar-refractivity contribution < 1.29 is 58.8 Å². The molecule has 5 N–H and O–H groups in total. The van der Waals surface area contributed by atoms with E-state index in [0.29, 0.717) is 24.0 Å². The van der Waals surface area contributed by atoms with Gasteiger partial charge >= 0.3 is 11.9 Å². The molecule has 1 saturated heterocycles. The predicted octanol–water partition coefficient (Wildman–Crippen LogP) is -0.179. The molecule has 2 fully saturated rings. The minimum absolute atomic E-state index is 0.0764. The van der Waals surface area contributed by atoms with E-state index in [1.165, 1.54) is 31.6 Å². The van der Waals surface area contributed by atoms with E-state index in [1.54, 1.807) is 18.2 Å². The summed E-state index contributed by atoms with van der Waals surface area (Å²) >= 11 is 0. The molecule has 1 saturated carbocycles. The second-order valence-corrected chi connectivity index (χ2v) is 9.57. The maximum atomic E-state index is 12.4. The largest absolute Gasteiger partial charge is 0.508 e. The third-order valence-corrected chi connectivity index (χ3v) is 7.09. The number of aliphatic hydroxyl groups is 4. The van der Waals surface area contributed by atoms with Crippen molar-refractivity contribution in [2.24, 2.45) is 17.8 Å². The summed E-state index contributed by atoms with van der Waals surface area (Å²) in [5, 5.41) is 49.2. The molecule has 12 heteroatoms. The first-order valence-electron chi connectivity index (χ1n) is 12.3. The fourth-order valence-electron chi connectivity index (χ4n) is 5.06. The first-order chi connectivity index (χ1) is 18.2. The Hall–Kier alpha value is -3.00. The van der Waals surface area contributed by atoms with Crippen LogP contribution >= 0.6 is 0 Å². The van der Waals surface area contributed by atoms with Crippen molar-refractivity contribution in [2.45, 2.75) is 49.8 Å². The van der Waals surface area contributed by atoms with E-state index in [2.05, 4.69) is 0 Å². The third kappa shape index (κ3) is 6.17. The van der Waals surface area contributed by atoms with Gasteiger partial charge in [0.1, 0.15) is 30.2 Å². The number of hydrogen-bond donors (Lipinski definition) is 5. The minimum Gasteiger partial charge on any atom is -0.508 e. The van der Waals surface area contributed by atoms with Gasteiger partial charge in [0.2, 0.25) is 6.29 Å². The van der Waals surface area contributed by atoms with Crippen LogP contribution in [0.1, 0.15) is 18.4 Å². The molecule has 0 amide bonds. The number of hydrogen-bond acceptors (Lipinski definition) is 12. The molecule has 38 heavy (non-hydrogen) atoms. The lowest BCUT2D eigenvalue weighted by molar-refractivity contribution is -0.341. The summed E-state index contributed by atoms with van der Waals surface area (Å²) < 4.78 is 27.2. The number of ether oxygens (including phenoxy) is 5. The van der Waals surface area contributed by atoms with E-state index in [1.807, 2.05) is 0 Å². The highest BCUT2D eigenvalue weighted by molar-refractivity contribution is 5.89. The molecule has 4 rings (SSSR count). The average molecular weight is 537 g/mol. The van der Waals surface area contributed by atoms with E-state index >= 15 is 0 Å². The molecule has 12 nitrogen and oxygen atoms in total. The number of carbonyl (C=O) groups is 2. The van der Waals surface area contributed by atoms with Crippen molar-refractivity contribution in [3.8, 4) is 5.75 Å². The summed E-state index contributed by atoms with van der Waals surface area (Å²) in [6.07, 6.45) is -3.33. The number of aromatic hydroxyl groups is 1. The van der Waals surface area contributed by atoms with Crippen LogP contribution < -0.4 is 0 Å². The summed E-state index contributed by atoms with van der Waals surface area (Å²) in [6, 6.07) is 6.30. The Balaban J connectivity index is 1.40. The molecule has 1 aromatic rings. The van der Waals surface area contributed by atoms with Crippen LogP contribution in [0, 0.1) is 17.8 Å². The quantitative estimate of drug-likeness (QED) is 0.219. The maximum Gasteiger partial charge on any atom is 0.337 e. The third-order valence-electron chi connectivity index (χ3n) is 7.09. The van der Waals surface area contributed by atoms with E-state index in [4.69, 9.17) is 23.7 Å².